The van der Waals surface area contributed by atoms with Crippen LogP contribution in [0, 0.1) is 5.41 Å². The molecule has 1 aromatic carbocycles. The second-order valence-corrected chi connectivity index (χ2v) is 6.17. The zero-order valence-corrected chi connectivity index (χ0v) is 13.8. The zero-order valence-electron chi connectivity index (χ0n) is 13.8. The van der Waals surface area contributed by atoms with Gasteiger partial charge in [0.2, 0.25) is 5.91 Å². The van der Waals surface area contributed by atoms with E-state index in [-0.39, 0.29) is 12.6 Å². The lowest BCUT2D eigenvalue weighted by atomic mass is 9.93. The summed E-state index contributed by atoms with van der Waals surface area (Å²) < 4.78 is 0. The number of carbonyl (C=O) groups excluding carboxylic acids is 2. The summed E-state index contributed by atoms with van der Waals surface area (Å²) in [5, 5.41) is 5.42. The fraction of sp³-hybridized carbons (Fsp3) is 0.500. The van der Waals surface area contributed by atoms with Gasteiger partial charge in [0.1, 0.15) is 0 Å². The first-order chi connectivity index (χ1) is 10.2. The van der Waals surface area contributed by atoms with Gasteiger partial charge in [-0.15, -0.1) is 0 Å². The second-order valence-electron chi connectivity index (χ2n) is 6.17. The van der Waals surface area contributed by atoms with E-state index in [4.69, 9.17) is 5.73 Å². The normalized spacial score (nSPS) is 10.9. The third-order valence-electron chi connectivity index (χ3n) is 3.51. The molecule has 0 aromatic heterocycles. The highest BCUT2D eigenvalue weighted by molar-refractivity contribution is 5.81. The minimum atomic E-state index is -0.751. The number of benzene rings is 1. The van der Waals surface area contributed by atoms with Crippen molar-refractivity contribution >= 4 is 17.6 Å². The van der Waals surface area contributed by atoms with Gasteiger partial charge in [-0.1, -0.05) is 12.1 Å². The van der Waals surface area contributed by atoms with Gasteiger partial charge in [0.05, 0.1) is 5.41 Å². The van der Waals surface area contributed by atoms with Crippen LogP contribution in [0.2, 0.25) is 0 Å². The maximum atomic E-state index is 11.7. The number of nitrogens with one attached hydrogen (secondary N) is 2. The lowest BCUT2D eigenvalue weighted by molar-refractivity contribution is -0.125. The Bertz CT molecular complexity index is 509. The molecule has 22 heavy (non-hydrogen) atoms. The van der Waals surface area contributed by atoms with Crippen LogP contribution < -0.4 is 21.3 Å². The van der Waals surface area contributed by atoms with E-state index < -0.39 is 11.3 Å². The summed E-state index contributed by atoms with van der Waals surface area (Å²) in [5.74, 6) is -0.436. The number of nitrogens with two attached hydrogens (primary N) is 1. The molecule has 122 valence electrons. The van der Waals surface area contributed by atoms with Gasteiger partial charge in [0.25, 0.3) is 0 Å². The highest BCUT2D eigenvalue weighted by atomic mass is 16.2. The van der Waals surface area contributed by atoms with Crippen molar-refractivity contribution < 1.29 is 9.59 Å². The molecule has 0 unspecified atom stereocenters. The van der Waals surface area contributed by atoms with Crippen molar-refractivity contribution in [1.82, 2.24) is 10.6 Å². The smallest absolute Gasteiger partial charge is 0.314 e. The summed E-state index contributed by atoms with van der Waals surface area (Å²) in [7, 11) is 3.99. The molecule has 6 nitrogen and oxygen atoms in total. The van der Waals surface area contributed by atoms with Gasteiger partial charge in [-0.3, -0.25) is 4.79 Å². The number of amides is 3. The molecule has 0 spiro atoms. The van der Waals surface area contributed by atoms with Crippen LogP contribution in [-0.2, 0) is 11.2 Å². The van der Waals surface area contributed by atoms with Gasteiger partial charge < -0.3 is 21.3 Å². The first-order valence-corrected chi connectivity index (χ1v) is 7.30. The van der Waals surface area contributed by atoms with Crippen LogP contribution >= 0.6 is 0 Å². The Kier molecular flexibility index (Phi) is 6.22. The van der Waals surface area contributed by atoms with Crippen molar-refractivity contribution in [2.45, 2.75) is 20.3 Å². The molecule has 0 radical (unpaired) electrons. The van der Waals surface area contributed by atoms with Crippen LogP contribution in [0.1, 0.15) is 19.4 Å². The van der Waals surface area contributed by atoms with Crippen LogP contribution in [0.25, 0.3) is 0 Å². The summed E-state index contributed by atoms with van der Waals surface area (Å²) >= 11 is 0. The first kappa shape index (κ1) is 17.8. The molecule has 6 heteroatoms. The molecule has 3 amide bonds. The van der Waals surface area contributed by atoms with Crippen molar-refractivity contribution in [3.63, 3.8) is 0 Å². The lowest BCUT2D eigenvalue weighted by Gasteiger charge is -2.20. The van der Waals surface area contributed by atoms with Gasteiger partial charge in [-0.2, -0.15) is 0 Å². The highest BCUT2D eigenvalue weighted by Gasteiger charge is 2.25. The molecule has 0 aliphatic heterocycles. The Hall–Kier alpha value is -2.24. The van der Waals surface area contributed by atoms with Crippen molar-refractivity contribution in [3.8, 4) is 0 Å². The van der Waals surface area contributed by atoms with Crippen LogP contribution in [0.4, 0.5) is 10.5 Å². The van der Waals surface area contributed by atoms with Gasteiger partial charge in [-0.25, -0.2) is 4.79 Å². The fourth-order valence-corrected chi connectivity index (χ4v) is 1.73. The third-order valence-corrected chi connectivity index (χ3v) is 3.51. The molecule has 1 rings (SSSR count). The van der Waals surface area contributed by atoms with E-state index in [2.05, 4.69) is 10.6 Å². The molecule has 0 aliphatic carbocycles. The van der Waals surface area contributed by atoms with Crippen LogP contribution in [0.5, 0.6) is 0 Å². The topological polar surface area (TPSA) is 87.5 Å². The van der Waals surface area contributed by atoms with Crippen LogP contribution in [0.15, 0.2) is 24.3 Å². The molecule has 0 saturated carbocycles. The molecule has 1 aromatic rings. The number of urea groups is 1. The number of hydrogen-bond acceptors (Lipinski definition) is 3. The highest BCUT2D eigenvalue weighted by Crippen LogP contribution is 2.12. The molecule has 0 saturated heterocycles. The lowest BCUT2D eigenvalue weighted by Crippen LogP contribution is -2.46. The van der Waals surface area contributed by atoms with E-state index in [1.165, 1.54) is 0 Å². The van der Waals surface area contributed by atoms with Crippen molar-refractivity contribution in [3.05, 3.63) is 29.8 Å². The van der Waals surface area contributed by atoms with Gasteiger partial charge in [0, 0.05) is 32.9 Å². The molecular weight excluding hydrogens is 280 g/mol. The van der Waals surface area contributed by atoms with Gasteiger partial charge >= 0.3 is 6.03 Å². The minimum absolute atomic E-state index is 0.214. The largest absolute Gasteiger partial charge is 0.378 e. The Labute approximate surface area is 132 Å². The van der Waals surface area contributed by atoms with Gasteiger partial charge in [0.15, 0.2) is 0 Å². The number of anilines is 1. The van der Waals surface area contributed by atoms with Crippen molar-refractivity contribution in [1.29, 1.82) is 0 Å². The fourth-order valence-electron chi connectivity index (χ4n) is 1.73. The Morgan fingerprint density at radius 1 is 1.14 bits per heavy atom. The molecule has 0 bridgehead atoms. The molecule has 0 fully saturated rings. The van der Waals surface area contributed by atoms with Crippen LogP contribution in [0.3, 0.4) is 0 Å². The summed E-state index contributed by atoms with van der Waals surface area (Å²) in [5.41, 5.74) is 6.80. The maximum Gasteiger partial charge on any atom is 0.314 e. The Morgan fingerprint density at radius 2 is 1.73 bits per heavy atom. The van der Waals surface area contributed by atoms with E-state index in [0.29, 0.717) is 6.54 Å². The van der Waals surface area contributed by atoms with Crippen molar-refractivity contribution in [2.24, 2.45) is 11.1 Å². The van der Waals surface area contributed by atoms with E-state index in [1.807, 2.05) is 43.3 Å². The molecule has 0 heterocycles. The molecular formula is C16H26N4O2. The van der Waals surface area contributed by atoms with Crippen LogP contribution in [-0.4, -0.2) is 39.1 Å². The summed E-state index contributed by atoms with van der Waals surface area (Å²) in [6.45, 7) is 4.14. The second kappa shape index (κ2) is 7.68. The monoisotopic (exact) mass is 306 g/mol. The Morgan fingerprint density at radius 3 is 2.23 bits per heavy atom. The van der Waals surface area contributed by atoms with Gasteiger partial charge in [-0.05, 0) is 38.0 Å². The molecule has 0 aliphatic rings. The van der Waals surface area contributed by atoms with E-state index in [9.17, 15) is 9.59 Å². The summed E-state index contributed by atoms with van der Waals surface area (Å²) in [6, 6.07) is 7.89. The number of carbonyl (C=O) groups is 2. The molecule has 0 atom stereocenters. The Balaban J connectivity index is 2.32. The van der Waals surface area contributed by atoms with E-state index >= 15 is 0 Å². The quantitative estimate of drug-likeness (QED) is 0.705. The third kappa shape index (κ3) is 5.63. The summed E-state index contributed by atoms with van der Waals surface area (Å²) in [6.07, 6.45) is 0.750. The standard InChI is InChI=1S/C16H26N4O2/c1-16(2,14(17)21)11-19-15(22)18-10-9-12-5-7-13(8-6-12)20(3)4/h5-8H,9-11H2,1-4H3,(H2,17,21)(H2,18,19,22). The zero-order chi connectivity index (χ0) is 16.8. The number of primary amides is 1. The predicted molar refractivity (Wildman–Crippen MR) is 88.8 cm³/mol. The average molecular weight is 306 g/mol. The number of nitrogens with zero attached hydrogens (tertiary/aromatic N) is 1. The van der Waals surface area contributed by atoms with E-state index in [0.717, 1.165) is 17.7 Å². The number of rotatable bonds is 7. The SMILES string of the molecule is CN(C)c1ccc(CCNC(=O)NCC(C)(C)C(N)=O)cc1. The maximum absolute atomic E-state index is 11.7. The minimum Gasteiger partial charge on any atom is -0.378 e. The molecule has 4 N–H and O–H groups in total. The van der Waals surface area contributed by atoms with E-state index in [1.54, 1.807) is 13.8 Å². The average Bonchev–Trinajstić information content (AvgIpc) is 2.45. The predicted octanol–water partition coefficient (Wildman–Crippen LogP) is 1.11. The first-order valence-electron chi connectivity index (χ1n) is 7.30. The summed E-state index contributed by atoms with van der Waals surface area (Å²) in [4.78, 5) is 24.9. The number of hydrogen-bond donors (Lipinski definition) is 3. The van der Waals surface area contributed by atoms with Crippen molar-refractivity contribution in [2.75, 3.05) is 32.1 Å².